The Morgan fingerprint density at radius 2 is 2.06 bits per heavy atom. The van der Waals surface area contributed by atoms with Gasteiger partial charge in [0.1, 0.15) is 15.6 Å². The van der Waals surface area contributed by atoms with Crippen molar-refractivity contribution < 1.29 is 14.3 Å². The molecule has 0 aromatic heterocycles. The molecule has 1 unspecified atom stereocenters. The Bertz CT molecular complexity index is 478. The Morgan fingerprint density at radius 3 is 2.44 bits per heavy atom. The predicted octanol–water partition coefficient (Wildman–Crippen LogP) is 3.49. The molecule has 16 heavy (non-hydrogen) atoms. The minimum absolute atomic E-state index is 0.122. The standard InChI is InChI=1S/C10H6BrCl2FO2/c11-6-3-5(1-2-7(6)14)9(8(15)16)4-10(9,12)13/h1-3H,4H2,(H,15,16). The monoisotopic (exact) mass is 326 g/mol. The highest BCUT2D eigenvalue weighted by molar-refractivity contribution is 9.10. The van der Waals surface area contributed by atoms with Gasteiger partial charge < -0.3 is 5.11 Å². The van der Waals surface area contributed by atoms with Crippen molar-refractivity contribution in [1.29, 1.82) is 0 Å². The topological polar surface area (TPSA) is 37.3 Å². The summed E-state index contributed by atoms with van der Waals surface area (Å²) in [4.78, 5) is 11.2. The highest BCUT2D eigenvalue weighted by atomic mass is 79.9. The van der Waals surface area contributed by atoms with Crippen molar-refractivity contribution in [3.05, 3.63) is 34.1 Å². The lowest BCUT2D eigenvalue weighted by Crippen LogP contribution is -2.26. The van der Waals surface area contributed by atoms with E-state index in [1.165, 1.54) is 18.2 Å². The lowest BCUT2D eigenvalue weighted by molar-refractivity contribution is -0.140. The molecule has 1 fully saturated rings. The summed E-state index contributed by atoms with van der Waals surface area (Å²) in [5.74, 6) is -1.56. The van der Waals surface area contributed by atoms with E-state index in [9.17, 15) is 14.3 Å². The number of hydrogen-bond donors (Lipinski definition) is 1. The van der Waals surface area contributed by atoms with E-state index in [1.54, 1.807) is 0 Å². The number of rotatable bonds is 2. The summed E-state index contributed by atoms with van der Waals surface area (Å²) < 4.78 is 11.9. The second-order valence-electron chi connectivity index (χ2n) is 3.72. The van der Waals surface area contributed by atoms with Crippen molar-refractivity contribution >= 4 is 45.1 Å². The zero-order valence-corrected chi connectivity index (χ0v) is 10.9. The summed E-state index contributed by atoms with van der Waals surface area (Å²) in [7, 11) is 0. The molecule has 0 aliphatic heterocycles. The minimum Gasteiger partial charge on any atom is -0.480 e. The van der Waals surface area contributed by atoms with Gasteiger partial charge in [-0.25, -0.2) is 4.39 Å². The van der Waals surface area contributed by atoms with E-state index in [4.69, 9.17) is 23.2 Å². The second-order valence-corrected chi connectivity index (χ2v) is 6.06. The van der Waals surface area contributed by atoms with Crippen LogP contribution < -0.4 is 0 Å². The molecule has 0 amide bonds. The molecule has 1 saturated carbocycles. The molecular weight excluding hydrogens is 322 g/mol. The minimum atomic E-state index is -1.33. The van der Waals surface area contributed by atoms with Crippen molar-refractivity contribution in [3.63, 3.8) is 0 Å². The van der Waals surface area contributed by atoms with Gasteiger partial charge in [0.25, 0.3) is 0 Å². The molecule has 1 aromatic rings. The maximum atomic E-state index is 13.0. The van der Waals surface area contributed by atoms with E-state index in [1.807, 2.05) is 0 Å². The van der Waals surface area contributed by atoms with E-state index in [0.717, 1.165) is 0 Å². The predicted molar refractivity (Wildman–Crippen MR) is 62.5 cm³/mol. The number of hydrogen-bond acceptors (Lipinski definition) is 1. The van der Waals surface area contributed by atoms with Crippen LogP contribution in [0.3, 0.4) is 0 Å². The maximum Gasteiger partial charge on any atom is 0.317 e. The number of carboxylic acid groups (broad SMARTS) is 1. The Labute approximate surface area is 109 Å². The molecule has 0 spiro atoms. The average molecular weight is 328 g/mol. The van der Waals surface area contributed by atoms with E-state index in [0.29, 0.717) is 5.56 Å². The summed E-state index contributed by atoms with van der Waals surface area (Å²) >= 11 is 14.7. The Balaban J connectivity index is 2.51. The molecule has 0 heterocycles. The van der Waals surface area contributed by atoms with Crippen LogP contribution in [0.4, 0.5) is 4.39 Å². The fourth-order valence-electron chi connectivity index (χ4n) is 1.72. The van der Waals surface area contributed by atoms with E-state index >= 15 is 0 Å². The summed E-state index contributed by atoms with van der Waals surface area (Å²) in [6.07, 6.45) is 0.122. The van der Waals surface area contributed by atoms with Gasteiger partial charge in [0.2, 0.25) is 0 Å². The van der Waals surface area contributed by atoms with Crippen LogP contribution in [0.2, 0.25) is 0 Å². The number of benzene rings is 1. The summed E-state index contributed by atoms with van der Waals surface area (Å²) in [5.41, 5.74) is -0.926. The molecule has 1 aromatic carbocycles. The van der Waals surface area contributed by atoms with Gasteiger partial charge in [-0.05, 0) is 33.6 Å². The van der Waals surface area contributed by atoms with Gasteiger partial charge in [0, 0.05) is 6.42 Å². The van der Waals surface area contributed by atoms with Crippen LogP contribution in [-0.2, 0) is 10.2 Å². The largest absolute Gasteiger partial charge is 0.480 e. The lowest BCUT2D eigenvalue weighted by atomic mass is 9.96. The first kappa shape index (κ1) is 12.1. The van der Waals surface area contributed by atoms with Crippen LogP contribution in [0.25, 0.3) is 0 Å². The van der Waals surface area contributed by atoms with Gasteiger partial charge in [-0.3, -0.25) is 4.79 Å². The smallest absolute Gasteiger partial charge is 0.317 e. The van der Waals surface area contributed by atoms with Crippen molar-refractivity contribution in [2.75, 3.05) is 0 Å². The second kappa shape index (κ2) is 3.59. The molecule has 2 rings (SSSR count). The third-order valence-electron chi connectivity index (χ3n) is 2.76. The zero-order valence-electron chi connectivity index (χ0n) is 7.81. The maximum absolute atomic E-state index is 13.0. The summed E-state index contributed by atoms with van der Waals surface area (Å²) in [5, 5.41) is 9.18. The molecule has 0 radical (unpaired) electrons. The molecule has 1 aliphatic rings. The van der Waals surface area contributed by atoms with E-state index in [2.05, 4.69) is 15.9 Å². The molecule has 1 aliphatic carbocycles. The third-order valence-corrected chi connectivity index (χ3v) is 4.28. The molecule has 0 bridgehead atoms. The molecule has 86 valence electrons. The zero-order chi connectivity index (χ0) is 12.1. The lowest BCUT2D eigenvalue weighted by Gasteiger charge is -2.13. The Hall–Kier alpha value is -0.320. The van der Waals surface area contributed by atoms with Gasteiger partial charge in [-0.1, -0.05) is 29.3 Å². The first-order chi connectivity index (χ1) is 7.31. The van der Waals surface area contributed by atoms with Crippen molar-refractivity contribution in [3.8, 4) is 0 Å². The Morgan fingerprint density at radius 1 is 1.50 bits per heavy atom. The average Bonchev–Trinajstić information content (AvgIpc) is 2.75. The molecular formula is C10H6BrCl2FO2. The molecule has 6 heteroatoms. The number of carbonyl (C=O) groups is 1. The first-order valence-corrected chi connectivity index (χ1v) is 5.93. The third kappa shape index (κ3) is 1.55. The quantitative estimate of drug-likeness (QED) is 0.844. The Kier molecular flexibility index (Phi) is 2.72. The van der Waals surface area contributed by atoms with Crippen molar-refractivity contribution in [1.82, 2.24) is 0 Å². The van der Waals surface area contributed by atoms with Crippen LogP contribution >= 0.6 is 39.1 Å². The number of carboxylic acids is 1. The molecule has 2 nitrogen and oxygen atoms in total. The van der Waals surface area contributed by atoms with Crippen LogP contribution in [0.5, 0.6) is 0 Å². The van der Waals surface area contributed by atoms with Gasteiger partial charge >= 0.3 is 5.97 Å². The van der Waals surface area contributed by atoms with Crippen LogP contribution in [0, 0.1) is 5.82 Å². The van der Waals surface area contributed by atoms with Crippen LogP contribution in [0.1, 0.15) is 12.0 Å². The molecule has 0 saturated heterocycles. The van der Waals surface area contributed by atoms with E-state index < -0.39 is 21.5 Å². The highest BCUT2D eigenvalue weighted by Gasteiger charge is 2.72. The van der Waals surface area contributed by atoms with Gasteiger partial charge in [-0.15, -0.1) is 0 Å². The van der Waals surface area contributed by atoms with Gasteiger partial charge in [-0.2, -0.15) is 0 Å². The van der Waals surface area contributed by atoms with Gasteiger partial charge in [0.15, 0.2) is 0 Å². The molecule has 1 atom stereocenters. The molecule has 1 N–H and O–H groups in total. The fraction of sp³-hybridized carbons (Fsp3) is 0.300. The fourth-order valence-corrected chi connectivity index (χ4v) is 2.88. The van der Waals surface area contributed by atoms with Gasteiger partial charge in [0.05, 0.1) is 4.47 Å². The first-order valence-electron chi connectivity index (χ1n) is 4.38. The van der Waals surface area contributed by atoms with Crippen LogP contribution in [-0.4, -0.2) is 15.4 Å². The SMILES string of the molecule is O=C(O)C1(c2ccc(F)c(Br)c2)CC1(Cl)Cl. The van der Waals surface area contributed by atoms with E-state index in [-0.39, 0.29) is 10.9 Å². The van der Waals surface area contributed by atoms with Crippen molar-refractivity contribution in [2.45, 2.75) is 16.2 Å². The number of halogens is 4. The summed E-state index contributed by atoms with van der Waals surface area (Å²) in [6, 6.07) is 3.98. The highest BCUT2D eigenvalue weighted by Crippen LogP contribution is 2.65. The number of aliphatic carboxylic acids is 1. The van der Waals surface area contributed by atoms with Crippen LogP contribution in [0.15, 0.2) is 22.7 Å². The van der Waals surface area contributed by atoms with Crippen molar-refractivity contribution in [2.24, 2.45) is 0 Å². The number of alkyl halides is 2. The summed E-state index contributed by atoms with van der Waals surface area (Å²) in [6.45, 7) is 0. The normalized spacial score (nSPS) is 26.5.